The molecule has 3 aliphatic heterocycles. The molecule has 29 heavy (non-hydrogen) atoms. The molecule has 0 bridgehead atoms. The summed E-state index contributed by atoms with van der Waals surface area (Å²) in [6.45, 7) is 3.23. The third-order valence-corrected chi connectivity index (χ3v) is 6.29. The van der Waals surface area contributed by atoms with Crippen LogP contribution in [-0.4, -0.2) is 68.4 Å². The van der Waals surface area contributed by atoms with Gasteiger partial charge in [-0.05, 0) is 25.0 Å². The van der Waals surface area contributed by atoms with Gasteiger partial charge in [0.05, 0.1) is 6.54 Å². The van der Waals surface area contributed by atoms with Crippen molar-refractivity contribution in [1.29, 1.82) is 0 Å². The molecule has 0 N–H and O–H groups in total. The van der Waals surface area contributed by atoms with E-state index < -0.39 is 11.7 Å². The number of rotatable bonds is 2. The van der Waals surface area contributed by atoms with Gasteiger partial charge < -0.3 is 19.1 Å². The molecule has 8 heteroatoms. The number of amides is 2. The molecule has 2 saturated heterocycles. The standard InChI is InChI=1S/C21H25N5O3/c27-18(16-5-1-2-8-22-16)25-12-6-21(7-13-25)20-23-9-14-26(20)15-17(29-21)19(28)24-10-3-4-11-24/h1-2,5,8-9,14,17H,3-4,6-7,10-13,15H2/t17-/m0/s1. The van der Waals surface area contributed by atoms with Gasteiger partial charge in [0, 0.05) is 57.6 Å². The maximum atomic E-state index is 13.0. The van der Waals surface area contributed by atoms with Crippen molar-refractivity contribution in [1.82, 2.24) is 24.3 Å². The monoisotopic (exact) mass is 395 g/mol. The molecule has 8 nitrogen and oxygen atoms in total. The molecule has 2 aromatic heterocycles. The van der Waals surface area contributed by atoms with E-state index in [9.17, 15) is 9.59 Å². The molecule has 0 radical (unpaired) electrons. The van der Waals surface area contributed by atoms with Gasteiger partial charge in [0.25, 0.3) is 11.8 Å². The van der Waals surface area contributed by atoms with Crippen LogP contribution in [0, 0.1) is 0 Å². The van der Waals surface area contributed by atoms with Crippen LogP contribution in [0.1, 0.15) is 42.0 Å². The minimum absolute atomic E-state index is 0.0655. The highest BCUT2D eigenvalue weighted by Crippen LogP contribution is 2.40. The lowest BCUT2D eigenvalue weighted by atomic mass is 9.88. The summed E-state index contributed by atoms with van der Waals surface area (Å²) in [4.78, 5) is 38.2. The molecular weight excluding hydrogens is 370 g/mol. The Bertz CT molecular complexity index is 898. The summed E-state index contributed by atoms with van der Waals surface area (Å²) in [5.41, 5.74) is -0.167. The Morgan fingerprint density at radius 1 is 1.00 bits per heavy atom. The van der Waals surface area contributed by atoms with Crippen LogP contribution in [0.3, 0.4) is 0 Å². The van der Waals surface area contributed by atoms with Crippen LogP contribution in [0.2, 0.25) is 0 Å². The summed E-state index contributed by atoms with van der Waals surface area (Å²) < 4.78 is 8.53. The van der Waals surface area contributed by atoms with Gasteiger partial charge in [0.2, 0.25) is 0 Å². The van der Waals surface area contributed by atoms with Gasteiger partial charge in [-0.15, -0.1) is 0 Å². The van der Waals surface area contributed by atoms with Gasteiger partial charge in [-0.1, -0.05) is 6.07 Å². The second kappa shape index (κ2) is 7.26. The fourth-order valence-electron chi connectivity index (χ4n) is 4.73. The van der Waals surface area contributed by atoms with Crippen molar-refractivity contribution in [2.75, 3.05) is 26.2 Å². The van der Waals surface area contributed by atoms with Gasteiger partial charge in [0.1, 0.15) is 17.1 Å². The molecule has 2 aromatic rings. The zero-order chi connectivity index (χ0) is 19.8. The number of hydrogen-bond acceptors (Lipinski definition) is 5. The number of fused-ring (bicyclic) bond motifs is 2. The van der Waals surface area contributed by atoms with E-state index in [2.05, 4.69) is 14.5 Å². The number of imidazole rings is 1. The molecule has 2 amide bonds. The Balaban J connectivity index is 1.34. The maximum Gasteiger partial charge on any atom is 0.272 e. The maximum absolute atomic E-state index is 13.0. The highest BCUT2D eigenvalue weighted by Gasteiger charge is 2.48. The van der Waals surface area contributed by atoms with Crippen LogP contribution in [0.5, 0.6) is 0 Å². The molecule has 3 aliphatic rings. The minimum Gasteiger partial charge on any atom is -0.352 e. The van der Waals surface area contributed by atoms with E-state index in [0.29, 0.717) is 38.2 Å². The highest BCUT2D eigenvalue weighted by atomic mass is 16.5. The number of pyridine rings is 1. The predicted molar refractivity (Wildman–Crippen MR) is 104 cm³/mol. The molecule has 0 saturated carbocycles. The van der Waals surface area contributed by atoms with Gasteiger partial charge in [-0.25, -0.2) is 4.98 Å². The second-order valence-corrected chi connectivity index (χ2v) is 8.04. The van der Waals surface area contributed by atoms with Crippen molar-refractivity contribution in [3.8, 4) is 0 Å². The topological polar surface area (TPSA) is 80.6 Å². The first kappa shape index (κ1) is 18.3. The number of piperidine rings is 1. The van der Waals surface area contributed by atoms with E-state index in [1.165, 1.54) is 0 Å². The van der Waals surface area contributed by atoms with Crippen LogP contribution in [-0.2, 0) is 21.7 Å². The van der Waals surface area contributed by atoms with E-state index in [1.807, 2.05) is 22.1 Å². The molecule has 0 aromatic carbocycles. The Hall–Kier alpha value is -2.74. The number of nitrogens with zero attached hydrogens (tertiary/aromatic N) is 5. The smallest absolute Gasteiger partial charge is 0.272 e. The summed E-state index contributed by atoms with van der Waals surface area (Å²) in [6.07, 6.45) is 8.19. The minimum atomic E-state index is -0.622. The van der Waals surface area contributed by atoms with Crippen molar-refractivity contribution in [2.24, 2.45) is 0 Å². The number of carbonyl (C=O) groups is 2. The first-order valence-corrected chi connectivity index (χ1v) is 10.3. The van der Waals surface area contributed by atoms with E-state index in [1.54, 1.807) is 24.5 Å². The average molecular weight is 395 g/mol. The fourth-order valence-corrected chi connectivity index (χ4v) is 4.73. The van der Waals surface area contributed by atoms with Crippen molar-refractivity contribution in [2.45, 2.75) is 43.9 Å². The Morgan fingerprint density at radius 3 is 2.52 bits per heavy atom. The number of likely N-dealkylation sites (tertiary alicyclic amines) is 2. The van der Waals surface area contributed by atoms with Gasteiger partial charge >= 0.3 is 0 Å². The molecule has 5 heterocycles. The Morgan fingerprint density at radius 2 is 1.79 bits per heavy atom. The normalized spacial score (nSPS) is 23.2. The second-order valence-electron chi connectivity index (χ2n) is 8.04. The van der Waals surface area contributed by atoms with E-state index in [4.69, 9.17) is 4.74 Å². The summed E-state index contributed by atoms with van der Waals surface area (Å²) in [6, 6.07) is 5.36. The number of carbonyl (C=O) groups excluding carboxylic acids is 2. The van der Waals surface area contributed by atoms with Crippen LogP contribution in [0.25, 0.3) is 0 Å². The summed E-state index contributed by atoms with van der Waals surface area (Å²) in [7, 11) is 0. The summed E-state index contributed by atoms with van der Waals surface area (Å²) in [5.74, 6) is 0.880. The SMILES string of the molecule is O=C(c1ccccn1)N1CCC2(CC1)O[C@H](C(=O)N1CCCC1)Cn1ccnc12. The van der Waals surface area contributed by atoms with Gasteiger partial charge in [0.15, 0.2) is 6.10 Å². The predicted octanol–water partition coefficient (Wildman–Crippen LogP) is 1.43. The van der Waals surface area contributed by atoms with Crippen LogP contribution < -0.4 is 0 Å². The molecule has 5 rings (SSSR count). The fraction of sp³-hybridized carbons (Fsp3) is 0.524. The van der Waals surface area contributed by atoms with Crippen molar-refractivity contribution in [3.05, 3.63) is 48.3 Å². The van der Waals surface area contributed by atoms with Gasteiger partial charge in [-0.2, -0.15) is 0 Å². The molecule has 0 unspecified atom stereocenters. The van der Waals surface area contributed by atoms with Crippen molar-refractivity contribution < 1.29 is 14.3 Å². The molecule has 1 spiro atoms. The van der Waals surface area contributed by atoms with Crippen LogP contribution in [0.15, 0.2) is 36.8 Å². The van der Waals surface area contributed by atoms with Gasteiger partial charge in [-0.3, -0.25) is 14.6 Å². The third kappa shape index (κ3) is 3.21. The van der Waals surface area contributed by atoms with E-state index in [0.717, 1.165) is 31.8 Å². The van der Waals surface area contributed by atoms with Crippen LogP contribution >= 0.6 is 0 Å². The zero-order valence-electron chi connectivity index (χ0n) is 16.4. The molecular formula is C21H25N5O3. The summed E-state index contributed by atoms with van der Waals surface area (Å²) in [5, 5.41) is 0. The zero-order valence-corrected chi connectivity index (χ0v) is 16.4. The molecule has 152 valence electrons. The van der Waals surface area contributed by atoms with Crippen molar-refractivity contribution in [3.63, 3.8) is 0 Å². The Labute approximate surface area is 169 Å². The van der Waals surface area contributed by atoms with E-state index >= 15 is 0 Å². The lowest BCUT2D eigenvalue weighted by Gasteiger charge is -2.45. The largest absolute Gasteiger partial charge is 0.352 e. The Kier molecular flexibility index (Phi) is 4.58. The summed E-state index contributed by atoms with van der Waals surface area (Å²) >= 11 is 0. The highest BCUT2D eigenvalue weighted by molar-refractivity contribution is 5.92. The van der Waals surface area contributed by atoms with Crippen molar-refractivity contribution >= 4 is 11.8 Å². The lowest BCUT2D eigenvalue weighted by Crippen LogP contribution is -2.55. The molecule has 0 aliphatic carbocycles. The first-order valence-electron chi connectivity index (χ1n) is 10.3. The van der Waals surface area contributed by atoms with E-state index in [-0.39, 0.29) is 11.8 Å². The molecule has 2 fully saturated rings. The molecule has 1 atom stereocenters. The quantitative estimate of drug-likeness (QED) is 0.769. The average Bonchev–Trinajstić information content (AvgIpc) is 3.46. The first-order chi connectivity index (χ1) is 14.2. The lowest BCUT2D eigenvalue weighted by molar-refractivity contribution is -0.179. The third-order valence-electron chi connectivity index (χ3n) is 6.29. The number of ether oxygens (including phenoxy) is 1. The number of hydrogen-bond donors (Lipinski definition) is 0. The number of aromatic nitrogens is 3. The van der Waals surface area contributed by atoms with Crippen LogP contribution in [0.4, 0.5) is 0 Å².